The first kappa shape index (κ1) is 9.76. The third kappa shape index (κ3) is 1.72. The predicted molar refractivity (Wildman–Crippen MR) is 53.5 cm³/mol. The van der Waals surface area contributed by atoms with E-state index in [0.29, 0.717) is 18.1 Å². The molecule has 80 valence electrons. The molecule has 0 saturated carbocycles. The van der Waals surface area contributed by atoms with Crippen LogP contribution in [0.15, 0.2) is 12.1 Å². The Labute approximate surface area is 86.8 Å². The predicted octanol–water partition coefficient (Wildman–Crippen LogP) is 1.93. The van der Waals surface area contributed by atoms with E-state index in [-0.39, 0.29) is 5.69 Å². The van der Waals surface area contributed by atoms with E-state index in [1.165, 1.54) is 13.2 Å². The molecule has 0 unspecified atom stereocenters. The molecule has 5 nitrogen and oxygen atoms in total. The van der Waals surface area contributed by atoms with Gasteiger partial charge in [-0.05, 0) is 18.9 Å². The molecule has 0 saturated heterocycles. The minimum atomic E-state index is -0.438. The van der Waals surface area contributed by atoms with E-state index in [1.807, 2.05) is 0 Å². The Balaban J connectivity index is 2.55. The van der Waals surface area contributed by atoms with Crippen LogP contribution in [0.25, 0.3) is 0 Å². The van der Waals surface area contributed by atoms with Gasteiger partial charge in [-0.1, -0.05) is 0 Å². The van der Waals surface area contributed by atoms with Gasteiger partial charge in [0, 0.05) is 5.56 Å². The lowest BCUT2D eigenvalue weighted by Gasteiger charge is -2.17. The van der Waals surface area contributed by atoms with E-state index in [0.717, 1.165) is 18.4 Å². The number of hydrogen-bond donors (Lipinski definition) is 0. The number of nitrogens with zero attached hydrogens (tertiary/aromatic N) is 1. The summed E-state index contributed by atoms with van der Waals surface area (Å²) in [5, 5.41) is 10.8. The van der Waals surface area contributed by atoms with E-state index in [1.54, 1.807) is 6.07 Å². The molecule has 0 fully saturated rings. The molecule has 1 heterocycles. The molecule has 1 aliphatic heterocycles. The average molecular weight is 209 g/mol. The Kier molecular flexibility index (Phi) is 2.45. The highest BCUT2D eigenvalue weighted by Gasteiger charge is 2.23. The van der Waals surface area contributed by atoms with Crippen molar-refractivity contribution in [3.8, 4) is 11.5 Å². The number of nitro groups is 1. The van der Waals surface area contributed by atoms with Crippen LogP contribution < -0.4 is 9.47 Å². The Morgan fingerprint density at radius 2 is 2.33 bits per heavy atom. The first-order valence-corrected chi connectivity index (χ1v) is 4.70. The number of hydrogen-bond acceptors (Lipinski definition) is 4. The largest absolute Gasteiger partial charge is 0.496 e. The summed E-state index contributed by atoms with van der Waals surface area (Å²) in [7, 11) is 1.50. The number of benzene rings is 1. The lowest BCUT2D eigenvalue weighted by molar-refractivity contribution is -0.386. The van der Waals surface area contributed by atoms with Crippen molar-refractivity contribution in [2.75, 3.05) is 13.7 Å². The summed E-state index contributed by atoms with van der Waals surface area (Å²) in [5.41, 5.74) is 0.844. The van der Waals surface area contributed by atoms with Crippen LogP contribution >= 0.6 is 0 Å². The fourth-order valence-electron chi connectivity index (χ4n) is 1.69. The number of ether oxygens (including phenoxy) is 2. The molecule has 2 rings (SSSR count). The summed E-state index contributed by atoms with van der Waals surface area (Å²) < 4.78 is 10.3. The van der Waals surface area contributed by atoms with Crippen molar-refractivity contribution < 1.29 is 14.4 Å². The van der Waals surface area contributed by atoms with Crippen LogP contribution in [0.3, 0.4) is 0 Å². The van der Waals surface area contributed by atoms with Crippen molar-refractivity contribution in [1.82, 2.24) is 0 Å². The van der Waals surface area contributed by atoms with Gasteiger partial charge < -0.3 is 9.47 Å². The number of aryl methyl sites for hydroxylation is 1. The molecule has 1 aliphatic rings. The summed E-state index contributed by atoms with van der Waals surface area (Å²) in [6.07, 6.45) is 1.69. The first-order valence-electron chi connectivity index (χ1n) is 4.70. The number of methoxy groups -OCH3 is 1. The smallest absolute Gasteiger partial charge is 0.314 e. The van der Waals surface area contributed by atoms with Crippen LogP contribution in [0.5, 0.6) is 11.5 Å². The van der Waals surface area contributed by atoms with Gasteiger partial charge in [0.05, 0.1) is 24.7 Å². The molecule has 0 amide bonds. The van der Waals surface area contributed by atoms with Gasteiger partial charge in [-0.3, -0.25) is 10.1 Å². The Morgan fingerprint density at radius 1 is 1.53 bits per heavy atom. The van der Waals surface area contributed by atoms with Crippen molar-refractivity contribution in [3.63, 3.8) is 0 Å². The molecule has 0 bridgehead atoms. The third-order valence-electron chi connectivity index (χ3n) is 2.39. The Bertz CT molecular complexity index is 403. The maximum absolute atomic E-state index is 10.8. The minimum Gasteiger partial charge on any atom is -0.496 e. The lowest BCUT2D eigenvalue weighted by Crippen LogP contribution is -2.10. The average Bonchev–Trinajstić information content (AvgIpc) is 2.27. The van der Waals surface area contributed by atoms with Gasteiger partial charge in [-0.25, -0.2) is 0 Å². The molecule has 15 heavy (non-hydrogen) atoms. The molecule has 0 N–H and O–H groups in total. The van der Waals surface area contributed by atoms with Crippen molar-refractivity contribution in [3.05, 3.63) is 27.8 Å². The fraction of sp³-hybridized carbons (Fsp3) is 0.400. The zero-order valence-corrected chi connectivity index (χ0v) is 8.36. The van der Waals surface area contributed by atoms with Gasteiger partial charge in [-0.2, -0.15) is 0 Å². The van der Waals surface area contributed by atoms with Crippen molar-refractivity contribution in [2.45, 2.75) is 12.8 Å². The molecule has 0 spiro atoms. The summed E-state index contributed by atoms with van der Waals surface area (Å²) >= 11 is 0. The quantitative estimate of drug-likeness (QED) is 0.551. The van der Waals surface area contributed by atoms with Crippen molar-refractivity contribution in [2.24, 2.45) is 0 Å². The summed E-state index contributed by atoms with van der Waals surface area (Å²) in [6.45, 7) is 0.542. The van der Waals surface area contributed by atoms with Crippen LogP contribution in [0.2, 0.25) is 0 Å². The highest BCUT2D eigenvalue weighted by Crippen LogP contribution is 2.38. The van der Waals surface area contributed by atoms with Gasteiger partial charge in [0.2, 0.25) is 5.75 Å². The maximum Gasteiger partial charge on any atom is 0.314 e. The van der Waals surface area contributed by atoms with E-state index in [2.05, 4.69) is 0 Å². The molecule has 5 heteroatoms. The van der Waals surface area contributed by atoms with Crippen molar-refractivity contribution in [1.29, 1.82) is 0 Å². The fourth-order valence-corrected chi connectivity index (χ4v) is 1.69. The number of rotatable bonds is 2. The topological polar surface area (TPSA) is 61.6 Å². The number of fused-ring (bicyclic) bond motifs is 1. The van der Waals surface area contributed by atoms with Crippen LogP contribution in [0.1, 0.15) is 12.0 Å². The highest BCUT2D eigenvalue weighted by atomic mass is 16.6. The van der Waals surface area contributed by atoms with Crippen LogP contribution in [0, 0.1) is 10.1 Å². The van der Waals surface area contributed by atoms with E-state index in [9.17, 15) is 10.1 Å². The normalized spacial score (nSPS) is 13.9. The van der Waals surface area contributed by atoms with Gasteiger partial charge in [-0.15, -0.1) is 0 Å². The third-order valence-corrected chi connectivity index (χ3v) is 2.39. The lowest BCUT2D eigenvalue weighted by atomic mass is 10.0. The molecule has 1 aromatic rings. The first-order chi connectivity index (χ1) is 7.22. The van der Waals surface area contributed by atoms with E-state index in [4.69, 9.17) is 9.47 Å². The molecule has 0 aliphatic carbocycles. The monoisotopic (exact) mass is 209 g/mol. The van der Waals surface area contributed by atoms with Gasteiger partial charge in [0.25, 0.3) is 0 Å². The molecular formula is C10H11NO4. The SMILES string of the molecule is COc1cc2c(c([N+](=O)[O-])c1)OCCC2. The Morgan fingerprint density at radius 3 is 3.00 bits per heavy atom. The molecule has 0 aromatic heterocycles. The van der Waals surface area contributed by atoms with E-state index < -0.39 is 4.92 Å². The molecular weight excluding hydrogens is 198 g/mol. The van der Waals surface area contributed by atoms with Gasteiger partial charge in [0.15, 0.2) is 0 Å². The molecule has 0 radical (unpaired) electrons. The standard InChI is InChI=1S/C10H11NO4/c1-14-8-5-7-3-2-4-15-10(7)9(6-8)11(12)13/h5-6H,2-4H2,1H3. The second kappa shape index (κ2) is 3.76. The second-order valence-corrected chi connectivity index (χ2v) is 3.34. The summed E-state index contributed by atoms with van der Waals surface area (Å²) in [6, 6.07) is 3.19. The van der Waals surface area contributed by atoms with Crippen molar-refractivity contribution >= 4 is 5.69 Å². The summed E-state index contributed by atoms with van der Waals surface area (Å²) in [5.74, 6) is 0.901. The zero-order valence-electron chi connectivity index (χ0n) is 8.36. The van der Waals surface area contributed by atoms with Crippen LogP contribution in [0.4, 0.5) is 5.69 Å². The number of nitro benzene ring substituents is 1. The molecule has 0 atom stereocenters. The highest BCUT2D eigenvalue weighted by molar-refractivity contribution is 5.57. The zero-order chi connectivity index (χ0) is 10.8. The van der Waals surface area contributed by atoms with Gasteiger partial charge >= 0.3 is 5.69 Å². The Hall–Kier alpha value is -1.78. The van der Waals surface area contributed by atoms with Gasteiger partial charge in [0.1, 0.15) is 5.75 Å². The summed E-state index contributed by atoms with van der Waals surface area (Å²) in [4.78, 5) is 10.4. The second-order valence-electron chi connectivity index (χ2n) is 3.34. The molecule has 1 aromatic carbocycles. The van der Waals surface area contributed by atoms with E-state index >= 15 is 0 Å². The van der Waals surface area contributed by atoms with Crippen LogP contribution in [-0.2, 0) is 6.42 Å². The van der Waals surface area contributed by atoms with Crippen LogP contribution in [-0.4, -0.2) is 18.6 Å². The maximum atomic E-state index is 10.8. The minimum absolute atomic E-state index is 0.0101.